The molecule has 0 amide bonds. The van der Waals surface area contributed by atoms with E-state index in [1.807, 2.05) is 12.3 Å². The molecule has 0 saturated heterocycles. The minimum absolute atomic E-state index is 0.148. The summed E-state index contributed by atoms with van der Waals surface area (Å²) in [4.78, 5) is 4.29. The predicted molar refractivity (Wildman–Crippen MR) is 69.6 cm³/mol. The summed E-state index contributed by atoms with van der Waals surface area (Å²) < 4.78 is 0. The summed E-state index contributed by atoms with van der Waals surface area (Å²) in [7, 11) is 0. The van der Waals surface area contributed by atoms with Gasteiger partial charge in [0.15, 0.2) is 0 Å². The lowest BCUT2D eigenvalue weighted by Gasteiger charge is -2.20. The quantitative estimate of drug-likeness (QED) is 0.821. The van der Waals surface area contributed by atoms with Crippen LogP contribution in [0.4, 0.5) is 5.82 Å². The van der Waals surface area contributed by atoms with Crippen LogP contribution in [0.2, 0.25) is 0 Å². The van der Waals surface area contributed by atoms with Crippen molar-refractivity contribution in [1.82, 2.24) is 10.3 Å². The van der Waals surface area contributed by atoms with Crippen LogP contribution in [0.1, 0.15) is 40.2 Å². The molecule has 1 heterocycles. The molecule has 0 aliphatic rings. The van der Waals surface area contributed by atoms with Crippen molar-refractivity contribution >= 4 is 5.82 Å². The maximum atomic E-state index is 4.29. The maximum Gasteiger partial charge on any atom is 0.126 e. The highest BCUT2D eigenvalue weighted by atomic mass is 15.0. The molecule has 3 nitrogen and oxygen atoms in total. The van der Waals surface area contributed by atoms with Gasteiger partial charge in [-0.1, -0.05) is 0 Å². The average Bonchev–Trinajstić information content (AvgIpc) is 2.13. The third-order valence-electron chi connectivity index (χ3n) is 2.08. The molecule has 90 valence electrons. The largest absolute Gasteiger partial charge is 0.368 e. The van der Waals surface area contributed by atoms with E-state index in [2.05, 4.69) is 56.3 Å². The smallest absolute Gasteiger partial charge is 0.126 e. The zero-order valence-electron chi connectivity index (χ0n) is 11.0. The third kappa shape index (κ3) is 5.12. The first-order valence-corrected chi connectivity index (χ1v) is 5.83. The van der Waals surface area contributed by atoms with Gasteiger partial charge in [0, 0.05) is 24.3 Å². The van der Waals surface area contributed by atoms with Crippen molar-refractivity contribution in [2.24, 2.45) is 0 Å². The molecule has 0 aliphatic carbocycles. The highest BCUT2D eigenvalue weighted by Gasteiger charge is 2.08. The van der Waals surface area contributed by atoms with Crippen LogP contribution in [0.25, 0.3) is 0 Å². The third-order valence-corrected chi connectivity index (χ3v) is 2.08. The summed E-state index contributed by atoms with van der Waals surface area (Å²) in [6, 6.07) is 4.56. The SMILES string of the molecule is CC(C)Nc1cc(CNC(C)(C)C)ccn1. The number of pyridine rings is 1. The number of nitrogens with zero attached hydrogens (tertiary/aromatic N) is 1. The lowest BCUT2D eigenvalue weighted by atomic mass is 10.1. The molecular weight excluding hydrogens is 198 g/mol. The van der Waals surface area contributed by atoms with Crippen LogP contribution in [0.15, 0.2) is 18.3 Å². The van der Waals surface area contributed by atoms with E-state index in [0.717, 1.165) is 12.4 Å². The van der Waals surface area contributed by atoms with E-state index in [4.69, 9.17) is 0 Å². The first-order valence-electron chi connectivity index (χ1n) is 5.83. The maximum absolute atomic E-state index is 4.29. The van der Waals surface area contributed by atoms with Gasteiger partial charge in [0.2, 0.25) is 0 Å². The van der Waals surface area contributed by atoms with Crippen LogP contribution >= 0.6 is 0 Å². The Hall–Kier alpha value is -1.09. The molecule has 0 radical (unpaired) electrons. The first kappa shape index (κ1) is 13.0. The molecule has 0 bridgehead atoms. The van der Waals surface area contributed by atoms with Crippen LogP contribution in [0.5, 0.6) is 0 Å². The summed E-state index contributed by atoms with van der Waals surface area (Å²) in [5.74, 6) is 0.947. The van der Waals surface area contributed by atoms with E-state index < -0.39 is 0 Å². The second-order valence-electron chi connectivity index (χ2n) is 5.45. The average molecular weight is 221 g/mol. The molecule has 0 aromatic carbocycles. The Morgan fingerprint density at radius 2 is 2.00 bits per heavy atom. The number of rotatable bonds is 4. The molecule has 1 aromatic rings. The van der Waals surface area contributed by atoms with E-state index >= 15 is 0 Å². The topological polar surface area (TPSA) is 37.0 Å². The van der Waals surface area contributed by atoms with Crippen molar-refractivity contribution in [1.29, 1.82) is 0 Å². The minimum atomic E-state index is 0.148. The van der Waals surface area contributed by atoms with E-state index in [0.29, 0.717) is 6.04 Å². The Morgan fingerprint density at radius 3 is 2.56 bits per heavy atom. The van der Waals surface area contributed by atoms with Gasteiger partial charge in [-0.3, -0.25) is 0 Å². The minimum Gasteiger partial charge on any atom is -0.368 e. The summed E-state index contributed by atoms with van der Waals surface area (Å²) in [6.07, 6.45) is 1.85. The van der Waals surface area contributed by atoms with Gasteiger partial charge in [-0.05, 0) is 52.3 Å². The van der Waals surface area contributed by atoms with Crippen molar-refractivity contribution < 1.29 is 0 Å². The summed E-state index contributed by atoms with van der Waals surface area (Å²) in [5.41, 5.74) is 1.41. The highest BCUT2D eigenvalue weighted by molar-refractivity contribution is 5.38. The summed E-state index contributed by atoms with van der Waals surface area (Å²) in [5, 5.41) is 6.77. The van der Waals surface area contributed by atoms with Crippen LogP contribution in [0, 0.1) is 0 Å². The van der Waals surface area contributed by atoms with Gasteiger partial charge in [-0.15, -0.1) is 0 Å². The molecule has 0 atom stereocenters. The van der Waals surface area contributed by atoms with Crippen LogP contribution in [-0.4, -0.2) is 16.6 Å². The number of nitrogens with one attached hydrogen (secondary N) is 2. The van der Waals surface area contributed by atoms with Gasteiger partial charge in [0.25, 0.3) is 0 Å². The second kappa shape index (κ2) is 5.30. The second-order valence-corrected chi connectivity index (χ2v) is 5.45. The monoisotopic (exact) mass is 221 g/mol. The van der Waals surface area contributed by atoms with Crippen LogP contribution in [0.3, 0.4) is 0 Å². The standard InChI is InChI=1S/C13H23N3/c1-10(2)16-12-8-11(6-7-14-12)9-15-13(3,4)5/h6-8,10,15H,9H2,1-5H3,(H,14,16). The van der Waals surface area contributed by atoms with E-state index in [9.17, 15) is 0 Å². The van der Waals surface area contributed by atoms with E-state index in [-0.39, 0.29) is 5.54 Å². The molecule has 16 heavy (non-hydrogen) atoms. The van der Waals surface area contributed by atoms with Crippen molar-refractivity contribution in [3.05, 3.63) is 23.9 Å². The van der Waals surface area contributed by atoms with Crippen molar-refractivity contribution in [3.63, 3.8) is 0 Å². The Balaban J connectivity index is 2.60. The normalized spacial score (nSPS) is 11.9. The fourth-order valence-electron chi connectivity index (χ4n) is 1.33. The Morgan fingerprint density at radius 1 is 1.31 bits per heavy atom. The summed E-state index contributed by atoms with van der Waals surface area (Å²) >= 11 is 0. The lowest BCUT2D eigenvalue weighted by Crippen LogP contribution is -2.35. The molecule has 0 spiro atoms. The Kier molecular flexibility index (Phi) is 4.30. The van der Waals surface area contributed by atoms with Crippen LogP contribution in [-0.2, 0) is 6.54 Å². The van der Waals surface area contributed by atoms with Crippen molar-refractivity contribution in [2.45, 2.75) is 52.7 Å². The van der Waals surface area contributed by atoms with Crippen LogP contribution < -0.4 is 10.6 Å². The highest BCUT2D eigenvalue weighted by Crippen LogP contribution is 2.09. The number of anilines is 1. The van der Waals surface area contributed by atoms with Crippen molar-refractivity contribution in [2.75, 3.05) is 5.32 Å². The number of aromatic nitrogens is 1. The van der Waals surface area contributed by atoms with Gasteiger partial charge in [-0.2, -0.15) is 0 Å². The molecule has 0 aliphatic heterocycles. The fraction of sp³-hybridized carbons (Fsp3) is 0.615. The van der Waals surface area contributed by atoms with E-state index in [1.165, 1.54) is 5.56 Å². The van der Waals surface area contributed by atoms with Gasteiger partial charge in [0.1, 0.15) is 5.82 Å². The molecule has 1 aromatic heterocycles. The molecule has 0 saturated carbocycles. The summed E-state index contributed by atoms with van der Waals surface area (Å²) in [6.45, 7) is 11.6. The predicted octanol–water partition coefficient (Wildman–Crippen LogP) is 2.79. The zero-order valence-corrected chi connectivity index (χ0v) is 11.0. The Labute approximate surface area is 98.7 Å². The Bertz CT molecular complexity index is 326. The number of hydrogen-bond donors (Lipinski definition) is 2. The molecule has 0 unspecified atom stereocenters. The van der Waals surface area contributed by atoms with Gasteiger partial charge < -0.3 is 10.6 Å². The number of hydrogen-bond acceptors (Lipinski definition) is 3. The molecule has 1 rings (SSSR count). The van der Waals surface area contributed by atoms with E-state index in [1.54, 1.807) is 0 Å². The fourth-order valence-corrected chi connectivity index (χ4v) is 1.33. The molecular formula is C13H23N3. The van der Waals surface area contributed by atoms with Crippen molar-refractivity contribution in [3.8, 4) is 0 Å². The first-order chi connectivity index (χ1) is 7.37. The molecule has 3 heteroatoms. The van der Waals surface area contributed by atoms with Gasteiger partial charge in [-0.25, -0.2) is 4.98 Å². The zero-order chi connectivity index (χ0) is 12.2. The lowest BCUT2D eigenvalue weighted by molar-refractivity contribution is 0.424. The van der Waals surface area contributed by atoms with Gasteiger partial charge in [0.05, 0.1) is 0 Å². The molecule has 2 N–H and O–H groups in total. The van der Waals surface area contributed by atoms with Gasteiger partial charge >= 0.3 is 0 Å². The molecule has 0 fully saturated rings.